The maximum absolute atomic E-state index is 8.78. The lowest BCUT2D eigenvalue weighted by Crippen LogP contribution is -2.02. The highest BCUT2D eigenvalue weighted by Crippen LogP contribution is 2.18. The Morgan fingerprint density at radius 3 is 1.55 bits per heavy atom. The maximum atomic E-state index is 8.78. The Morgan fingerprint density at radius 1 is 0.682 bits per heavy atom. The monoisotopic (exact) mass is 302 g/mol. The first-order valence-electron chi connectivity index (χ1n) is 7.47. The van der Waals surface area contributed by atoms with Crippen molar-refractivity contribution < 1.29 is 19.7 Å². The fourth-order valence-corrected chi connectivity index (χ4v) is 2.20. The first-order valence-corrected chi connectivity index (χ1v) is 7.47. The van der Waals surface area contributed by atoms with Crippen LogP contribution in [0.15, 0.2) is 48.5 Å². The summed E-state index contributed by atoms with van der Waals surface area (Å²) < 4.78 is 10.8. The molecule has 0 aromatic heterocycles. The third kappa shape index (κ3) is 5.39. The topological polar surface area (TPSA) is 58.9 Å². The Morgan fingerprint density at radius 2 is 1.14 bits per heavy atom. The van der Waals surface area contributed by atoms with Crippen molar-refractivity contribution in [2.24, 2.45) is 0 Å². The Labute approximate surface area is 130 Å². The quantitative estimate of drug-likeness (QED) is 0.745. The lowest BCUT2D eigenvalue weighted by Gasteiger charge is -2.08. The number of rotatable bonds is 9. The van der Waals surface area contributed by atoms with Gasteiger partial charge in [0.2, 0.25) is 0 Å². The van der Waals surface area contributed by atoms with Gasteiger partial charge in [0.05, 0.1) is 13.2 Å². The van der Waals surface area contributed by atoms with E-state index in [9.17, 15) is 0 Å². The summed E-state index contributed by atoms with van der Waals surface area (Å²) in [6, 6.07) is 15.8. The zero-order chi connectivity index (χ0) is 15.6. The van der Waals surface area contributed by atoms with Gasteiger partial charge in [0.15, 0.2) is 0 Å². The molecule has 0 atom stereocenters. The fourth-order valence-electron chi connectivity index (χ4n) is 2.20. The smallest absolute Gasteiger partial charge is 0.119 e. The molecule has 0 aliphatic carbocycles. The summed E-state index contributed by atoms with van der Waals surface area (Å²) in [6.07, 6.45) is 1.81. The van der Waals surface area contributed by atoms with Crippen LogP contribution in [0.2, 0.25) is 0 Å². The van der Waals surface area contributed by atoms with Gasteiger partial charge >= 0.3 is 0 Å². The van der Waals surface area contributed by atoms with Crippen LogP contribution in [0.4, 0.5) is 0 Å². The number of aliphatic hydroxyl groups is 2. The maximum Gasteiger partial charge on any atom is 0.119 e. The van der Waals surface area contributed by atoms with Crippen molar-refractivity contribution in [3.63, 3.8) is 0 Å². The van der Waals surface area contributed by atoms with Gasteiger partial charge in [-0.1, -0.05) is 24.3 Å². The van der Waals surface area contributed by atoms with E-state index in [2.05, 4.69) is 12.1 Å². The molecule has 4 heteroatoms. The minimum atomic E-state index is 0.0187. The first-order chi connectivity index (χ1) is 10.8. The summed E-state index contributed by atoms with van der Waals surface area (Å²) in [4.78, 5) is 0. The number of benzene rings is 2. The standard InChI is InChI=1S/C18H22O4/c19-9-11-21-17-5-1-3-15(13-17)7-8-16-4-2-6-18(14-16)22-12-10-20/h1-6,13-14,19-20H,7-12H2. The predicted molar refractivity (Wildman–Crippen MR) is 85.5 cm³/mol. The highest BCUT2D eigenvalue weighted by molar-refractivity contribution is 5.31. The predicted octanol–water partition coefficient (Wildman–Crippen LogP) is 2.21. The Balaban J connectivity index is 1.92. The summed E-state index contributed by atoms with van der Waals surface area (Å²) in [7, 11) is 0. The van der Waals surface area contributed by atoms with Crippen LogP contribution in [0.5, 0.6) is 11.5 Å². The van der Waals surface area contributed by atoms with E-state index < -0.39 is 0 Å². The van der Waals surface area contributed by atoms with Gasteiger partial charge in [-0.15, -0.1) is 0 Å². The minimum absolute atomic E-state index is 0.0187. The summed E-state index contributed by atoms with van der Waals surface area (Å²) in [5.74, 6) is 1.57. The molecular formula is C18H22O4. The molecule has 0 aliphatic heterocycles. The number of hydrogen-bond donors (Lipinski definition) is 2. The van der Waals surface area contributed by atoms with Crippen molar-refractivity contribution in [3.05, 3.63) is 59.7 Å². The molecule has 118 valence electrons. The number of aliphatic hydroxyl groups excluding tert-OH is 2. The Bertz CT molecular complexity index is 517. The normalized spacial score (nSPS) is 10.5. The van der Waals surface area contributed by atoms with E-state index in [-0.39, 0.29) is 13.2 Å². The van der Waals surface area contributed by atoms with E-state index in [0.29, 0.717) is 13.2 Å². The van der Waals surface area contributed by atoms with E-state index in [1.54, 1.807) is 0 Å². The van der Waals surface area contributed by atoms with E-state index in [1.807, 2.05) is 36.4 Å². The molecule has 0 radical (unpaired) electrons. The third-order valence-corrected chi connectivity index (χ3v) is 3.22. The largest absolute Gasteiger partial charge is 0.491 e. The summed E-state index contributed by atoms with van der Waals surface area (Å²) in [5.41, 5.74) is 2.38. The van der Waals surface area contributed by atoms with Crippen LogP contribution < -0.4 is 9.47 Å². The second-order valence-corrected chi connectivity index (χ2v) is 4.94. The van der Waals surface area contributed by atoms with Crippen LogP contribution in [0.25, 0.3) is 0 Å². The molecule has 0 heterocycles. The highest BCUT2D eigenvalue weighted by Gasteiger charge is 2.01. The van der Waals surface area contributed by atoms with Crippen LogP contribution in [0.3, 0.4) is 0 Å². The van der Waals surface area contributed by atoms with Crippen molar-refractivity contribution >= 4 is 0 Å². The molecule has 0 saturated heterocycles. The van der Waals surface area contributed by atoms with Gasteiger partial charge in [0.1, 0.15) is 24.7 Å². The average molecular weight is 302 g/mol. The van der Waals surface area contributed by atoms with E-state index in [0.717, 1.165) is 24.3 Å². The molecule has 0 amide bonds. The second-order valence-electron chi connectivity index (χ2n) is 4.94. The van der Waals surface area contributed by atoms with Crippen molar-refractivity contribution in [1.82, 2.24) is 0 Å². The molecule has 2 aromatic rings. The Kier molecular flexibility index (Phi) is 6.74. The fraction of sp³-hybridized carbons (Fsp3) is 0.333. The van der Waals surface area contributed by atoms with Crippen molar-refractivity contribution in [1.29, 1.82) is 0 Å². The van der Waals surface area contributed by atoms with E-state index in [4.69, 9.17) is 19.7 Å². The number of hydrogen-bond acceptors (Lipinski definition) is 4. The first kappa shape index (κ1) is 16.3. The average Bonchev–Trinajstić information content (AvgIpc) is 2.57. The summed E-state index contributed by atoms with van der Waals surface area (Å²) >= 11 is 0. The molecule has 0 unspecified atom stereocenters. The zero-order valence-corrected chi connectivity index (χ0v) is 12.6. The minimum Gasteiger partial charge on any atom is -0.491 e. The molecule has 0 aliphatic rings. The number of ether oxygens (including phenoxy) is 2. The zero-order valence-electron chi connectivity index (χ0n) is 12.6. The van der Waals surface area contributed by atoms with Gasteiger partial charge < -0.3 is 19.7 Å². The van der Waals surface area contributed by atoms with Gasteiger partial charge in [-0.05, 0) is 48.2 Å². The number of aryl methyl sites for hydroxylation is 2. The van der Waals surface area contributed by atoms with Crippen LogP contribution in [-0.2, 0) is 12.8 Å². The van der Waals surface area contributed by atoms with Crippen LogP contribution in [0, 0.1) is 0 Å². The van der Waals surface area contributed by atoms with Gasteiger partial charge in [0.25, 0.3) is 0 Å². The highest BCUT2D eigenvalue weighted by atomic mass is 16.5. The molecule has 2 rings (SSSR count). The van der Waals surface area contributed by atoms with Gasteiger partial charge in [-0.25, -0.2) is 0 Å². The summed E-state index contributed by atoms with van der Waals surface area (Å²) in [6.45, 7) is 0.664. The van der Waals surface area contributed by atoms with Crippen molar-refractivity contribution in [2.45, 2.75) is 12.8 Å². The SMILES string of the molecule is OCCOc1cccc(CCc2cccc(OCCO)c2)c1. The van der Waals surface area contributed by atoms with Gasteiger partial charge in [-0.2, -0.15) is 0 Å². The Hall–Kier alpha value is -2.04. The van der Waals surface area contributed by atoms with Crippen LogP contribution in [0.1, 0.15) is 11.1 Å². The second kappa shape index (κ2) is 9.07. The van der Waals surface area contributed by atoms with Crippen LogP contribution in [-0.4, -0.2) is 36.6 Å². The molecule has 0 fully saturated rings. The lowest BCUT2D eigenvalue weighted by atomic mass is 10.0. The molecule has 0 spiro atoms. The molecule has 2 aromatic carbocycles. The van der Waals surface area contributed by atoms with Crippen molar-refractivity contribution in [3.8, 4) is 11.5 Å². The summed E-state index contributed by atoms with van der Waals surface area (Å²) in [5, 5.41) is 17.6. The molecule has 22 heavy (non-hydrogen) atoms. The van der Waals surface area contributed by atoms with Gasteiger partial charge in [0, 0.05) is 0 Å². The molecule has 0 bridgehead atoms. The molecule has 4 nitrogen and oxygen atoms in total. The van der Waals surface area contributed by atoms with Crippen LogP contribution >= 0.6 is 0 Å². The lowest BCUT2D eigenvalue weighted by molar-refractivity contribution is 0.201. The van der Waals surface area contributed by atoms with Gasteiger partial charge in [-0.3, -0.25) is 0 Å². The third-order valence-electron chi connectivity index (χ3n) is 3.22. The molecule has 0 saturated carbocycles. The van der Waals surface area contributed by atoms with E-state index in [1.165, 1.54) is 11.1 Å². The molecule has 2 N–H and O–H groups in total. The van der Waals surface area contributed by atoms with Crippen molar-refractivity contribution in [2.75, 3.05) is 26.4 Å². The molecular weight excluding hydrogens is 280 g/mol. The van der Waals surface area contributed by atoms with E-state index >= 15 is 0 Å².